The minimum Gasteiger partial charge on any atom is -0.381 e. The molecule has 0 aliphatic carbocycles. The third-order valence-electron chi connectivity index (χ3n) is 4.19. The summed E-state index contributed by atoms with van der Waals surface area (Å²) in [6.45, 7) is 6.42. The molecule has 1 heteroatoms. The minimum atomic E-state index is 0.958. The molecule has 0 saturated heterocycles. The second-order valence-corrected chi connectivity index (χ2v) is 6.55. The zero-order valence-corrected chi connectivity index (χ0v) is 15.6. The maximum absolute atomic E-state index is 5.58. The molecule has 0 bridgehead atoms. The van der Waals surface area contributed by atoms with Gasteiger partial charge in [-0.3, -0.25) is 0 Å². The number of allylic oxidation sites excluding steroid dienone is 2. The summed E-state index contributed by atoms with van der Waals surface area (Å²) in [6, 6.07) is 0. The molecule has 0 saturated carbocycles. The molecular formula is C21H42O. The van der Waals surface area contributed by atoms with Crippen molar-refractivity contribution in [3.63, 3.8) is 0 Å². The van der Waals surface area contributed by atoms with Crippen molar-refractivity contribution < 1.29 is 4.74 Å². The molecule has 0 amide bonds. The smallest absolute Gasteiger partial charge is 0.0466 e. The van der Waals surface area contributed by atoms with Crippen LogP contribution >= 0.6 is 0 Å². The molecule has 0 aromatic rings. The molecule has 0 unspecified atom stereocenters. The Balaban J connectivity index is 3.02. The highest BCUT2D eigenvalue weighted by molar-refractivity contribution is 4.81. The van der Waals surface area contributed by atoms with E-state index in [1.807, 2.05) is 0 Å². The predicted molar refractivity (Wildman–Crippen MR) is 101 cm³/mol. The second-order valence-electron chi connectivity index (χ2n) is 6.55. The lowest BCUT2D eigenvalue weighted by Gasteiger charge is -2.03. The van der Waals surface area contributed by atoms with E-state index in [1.54, 1.807) is 0 Å². The van der Waals surface area contributed by atoms with E-state index in [2.05, 4.69) is 26.0 Å². The first-order valence-corrected chi connectivity index (χ1v) is 10.1. The van der Waals surface area contributed by atoms with Gasteiger partial charge in [-0.15, -0.1) is 0 Å². The topological polar surface area (TPSA) is 9.23 Å². The van der Waals surface area contributed by atoms with E-state index in [4.69, 9.17) is 4.74 Å². The number of hydrogen-bond acceptors (Lipinski definition) is 1. The molecule has 0 spiro atoms. The molecule has 22 heavy (non-hydrogen) atoms. The van der Waals surface area contributed by atoms with Crippen molar-refractivity contribution in [1.29, 1.82) is 0 Å². The summed E-state index contributed by atoms with van der Waals surface area (Å²) in [5, 5.41) is 0. The van der Waals surface area contributed by atoms with Gasteiger partial charge in [-0.25, -0.2) is 0 Å². The van der Waals surface area contributed by atoms with Gasteiger partial charge >= 0.3 is 0 Å². The summed E-state index contributed by atoms with van der Waals surface area (Å²) in [7, 11) is 0. The SMILES string of the molecule is CCCCCCCCC=CCCCCCCCOCCCC. The Morgan fingerprint density at radius 1 is 0.500 bits per heavy atom. The van der Waals surface area contributed by atoms with Gasteiger partial charge in [0.15, 0.2) is 0 Å². The zero-order chi connectivity index (χ0) is 16.1. The number of rotatable bonds is 18. The number of ether oxygens (including phenoxy) is 1. The van der Waals surface area contributed by atoms with Gasteiger partial charge < -0.3 is 4.74 Å². The number of hydrogen-bond donors (Lipinski definition) is 0. The van der Waals surface area contributed by atoms with Gasteiger partial charge in [0.05, 0.1) is 0 Å². The highest BCUT2D eigenvalue weighted by Crippen LogP contribution is 2.09. The monoisotopic (exact) mass is 310 g/mol. The van der Waals surface area contributed by atoms with Gasteiger partial charge in [-0.2, -0.15) is 0 Å². The van der Waals surface area contributed by atoms with Crippen molar-refractivity contribution in [1.82, 2.24) is 0 Å². The van der Waals surface area contributed by atoms with Crippen LogP contribution in [0.5, 0.6) is 0 Å². The van der Waals surface area contributed by atoms with Crippen LogP contribution < -0.4 is 0 Å². The second kappa shape index (κ2) is 20.7. The first-order valence-electron chi connectivity index (χ1n) is 10.1. The Hall–Kier alpha value is -0.300. The van der Waals surface area contributed by atoms with Gasteiger partial charge in [0.2, 0.25) is 0 Å². The summed E-state index contributed by atoms with van der Waals surface area (Å²) in [6.07, 6.45) is 25.0. The molecule has 0 aromatic heterocycles. The normalized spacial score (nSPS) is 11.5. The van der Waals surface area contributed by atoms with Crippen LogP contribution in [0.1, 0.15) is 110 Å². The highest BCUT2D eigenvalue weighted by atomic mass is 16.5. The van der Waals surface area contributed by atoms with Crippen molar-refractivity contribution in [2.75, 3.05) is 13.2 Å². The molecule has 0 rings (SSSR count). The average Bonchev–Trinajstić information content (AvgIpc) is 2.54. The van der Waals surface area contributed by atoms with Crippen molar-refractivity contribution in [3.8, 4) is 0 Å². The molecule has 0 heterocycles. The summed E-state index contributed by atoms with van der Waals surface area (Å²) in [4.78, 5) is 0. The maximum Gasteiger partial charge on any atom is 0.0466 e. The molecule has 0 fully saturated rings. The maximum atomic E-state index is 5.58. The van der Waals surface area contributed by atoms with Crippen LogP contribution in [0, 0.1) is 0 Å². The number of unbranched alkanes of at least 4 members (excludes halogenated alkanes) is 12. The molecule has 0 aliphatic heterocycles. The van der Waals surface area contributed by atoms with E-state index in [-0.39, 0.29) is 0 Å². The first-order chi connectivity index (χ1) is 10.9. The molecule has 0 radical (unpaired) electrons. The van der Waals surface area contributed by atoms with Crippen LogP contribution in [0.2, 0.25) is 0 Å². The average molecular weight is 311 g/mol. The Morgan fingerprint density at radius 2 is 0.955 bits per heavy atom. The van der Waals surface area contributed by atoms with Gasteiger partial charge in [0.25, 0.3) is 0 Å². The molecule has 0 aliphatic rings. The molecule has 132 valence electrons. The van der Waals surface area contributed by atoms with Crippen molar-refractivity contribution in [2.45, 2.75) is 110 Å². The van der Waals surface area contributed by atoms with E-state index >= 15 is 0 Å². The predicted octanol–water partition coefficient (Wildman–Crippen LogP) is 7.45. The third kappa shape index (κ3) is 19.7. The van der Waals surface area contributed by atoms with Gasteiger partial charge in [0.1, 0.15) is 0 Å². The Kier molecular flexibility index (Phi) is 20.4. The van der Waals surface area contributed by atoms with Crippen LogP contribution in [-0.2, 0) is 4.74 Å². The Labute approximate surface area is 140 Å². The van der Waals surface area contributed by atoms with E-state index in [9.17, 15) is 0 Å². The van der Waals surface area contributed by atoms with Crippen molar-refractivity contribution >= 4 is 0 Å². The minimum absolute atomic E-state index is 0.958. The van der Waals surface area contributed by atoms with Crippen LogP contribution in [-0.4, -0.2) is 13.2 Å². The quantitative estimate of drug-likeness (QED) is 0.189. The summed E-state index contributed by atoms with van der Waals surface area (Å²) >= 11 is 0. The van der Waals surface area contributed by atoms with Crippen LogP contribution in [0.25, 0.3) is 0 Å². The Morgan fingerprint density at radius 3 is 1.55 bits per heavy atom. The highest BCUT2D eigenvalue weighted by Gasteiger charge is 1.92. The van der Waals surface area contributed by atoms with E-state index < -0.39 is 0 Å². The van der Waals surface area contributed by atoms with Crippen LogP contribution in [0.4, 0.5) is 0 Å². The summed E-state index contributed by atoms with van der Waals surface area (Å²) < 4.78 is 5.58. The van der Waals surface area contributed by atoms with E-state index in [0.29, 0.717) is 0 Å². The van der Waals surface area contributed by atoms with Gasteiger partial charge in [0, 0.05) is 13.2 Å². The lowest BCUT2D eigenvalue weighted by atomic mass is 10.1. The Bertz CT molecular complexity index is 210. The molecular weight excluding hydrogens is 268 g/mol. The largest absolute Gasteiger partial charge is 0.381 e. The zero-order valence-electron chi connectivity index (χ0n) is 15.6. The van der Waals surface area contributed by atoms with Gasteiger partial charge in [-0.1, -0.05) is 83.8 Å². The standard InChI is InChI=1S/C21H42O/c1-3-5-7-8-9-10-11-12-13-14-15-16-17-18-19-21-22-20-6-4-2/h12-13H,3-11,14-21H2,1-2H3. The molecule has 1 nitrogen and oxygen atoms in total. The van der Waals surface area contributed by atoms with Crippen LogP contribution in [0.15, 0.2) is 12.2 Å². The third-order valence-corrected chi connectivity index (χ3v) is 4.19. The molecule has 0 atom stereocenters. The fraction of sp³-hybridized carbons (Fsp3) is 0.905. The van der Waals surface area contributed by atoms with Crippen LogP contribution in [0.3, 0.4) is 0 Å². The first kappa shape index (κ1) is 21.7. The molecule has 0 aromatic carbocycles. The van der Waals surface area contributed by atoms with Crippen molar-refractivity contribution in [2.24, 2.45) is 0 Å². The lowest BCUT2D eigenvalue weighted by Crippen LogP contribution is -1.96. The fourth-order valence-corrected chi connectivity index (χ4v) is 2.62. The van der Waals surface area contributed by atoms with Gasteiger partial charge in [-0.05, 0) is 38.5 Å². The molecule has 0 N–H and O–H groups in total. The summed E-state index contributed by atoms with van der Waals surface area (Å²) in [5.41, 5.74) is 0. The summed E-state index contributed by atoms with van der Waals surface area (Å²) in [5.74, 6) is 0. The fourth-order valence-electron chi connectivity index (χ4n) is 2.62. The lowest BCUT2D eigenvalue weighted by molar-refractivity contribution is 0.127. The van der Waals surface area contributed by atoms with E-state index in [1.165, 1.54) is 96.3 Å². The van der Waals surface area contributed by atoms with E-state index in [0.717, 1.165) is 13.2 Å². The van der Waals surface area contributed by atoms with Crippen molar-refractivity contribution in [3.05, 3.63) is 12.2 Å².